The van der Waals surface area contributed by atoms with Crippen LogP contribution in [-0.2, 0) is 0 Å². The number of rotatable bonds is 8. The maximum absolute atomic E-state index is 12.3. The molecule has 1 rings (SSSR count). The van der Waals surface area contributed by atoms with Gasteiger partial charge in [-0.05, 0) is 12.8 Å². The number of nitrogens with one attached hydrogen (secondary N) is 1. The molecule has 1 heterocycles. The average molecular weight is 328 g/mol. The topological polar surface area (TPSA) is 75.1 Å². The second kappa shape index (κ2) is 8.44. The summed E-state index contributed by atoms with van der Waals surface area (Å²) in [6.45, 7) is 8.13. The van der Waals surface area contributed by atoms with Gasteiger partial charge < -0.3 is 10.4 Å². The molecule has 0 saturated carbocycles. The molecule has 0 radical (unpaired) electrons. The van der Waals surface area contributed by atoms with Crippen LogP contribution in [0.3, 0.4) is 0 Å². The van der Waals surface area contributed by atoms with Crippen molar-refractivity contribution in [2.45, 2.75) is 64.9 Å². The molecule has 0 aliphatic heterocycles. The zero-order valence-electron chi connectivity index (χ0n) is 13.8. The molecule has 2 N–H and O–H groups in total. The van der Waals surface area contributed by atoms with Gasteiger partial charge in [0.05, 0.1) is 16.8 Å². The predicted octanol–water partition coefficient (Wildman–Crippen LogP) is 3.31. The number of amides is 1. The van der Waals surface area contributed by atoms with E-state index >= 15 is 0 Å². The smallest absolute Gasteiger partial charge is 0.271 e. The minimum atomic E-state index is -0.875. The van der Waals surface area contributed by atoms with Gasteiger partial charge in [0.2, 0.25) is 0 Å². The molecule has 0 aromatic carbocycles. The van der Waals surface area contributed by atoms with Crippen LogP contribution in [0.1, 0.15) is 75.6 Å². The number of nitrogens with zero attached hydrogens (tertiary/aromatic N) is 2. The van der Waals surface area contributed by atoms with Crippen LogP contribution in [0.2, 0.25) is 5.02 Å². The third-order valence-corrected chi connectivity index (χ3v) is 3.78. The lowest BCUT2D eigenvalue weighted by molar-refractivity contribution is 0.0212. The summed E-state index contributed by atoms with van der Waals surface area (Å²) in [5.41, 5.74) is -0.713. The summed E-state index contributed by atoms with van der Waals surface area (Å²) < 4.78 is 0. The second-order valence-electron chi connectivity index (χ2n) is 5.99. The summed E-state index contributed by atoms with van der Waals surface area (Å²) in [6.07, 6.45) is 4.46. The second-order valence-corrected chi connectivity index (χ2v) is 6.39. The van der Waals surface area contributed by atoms with Crippen molar-refractivity contribution in [1.29, 1.82) is 0 Å². The molecule has 1 aromatic rings. The van der Waals surface area contributed by atoms with Crippen molar-refractivity contribution in [2.24, 2.45) is 0 Å². The first-order valence-corrected chi connectivity index (χ1v) is 8.23. The Morgan fingerprint density at radius 3 is 2.45 bits per heavy atom. The summed E-state index contributed by atoms with van der Waals surface area (Å²) in [4.78, 5) is 20.6. The number of hydrogen-bond acceptors (Lipinski definition) is 4. The zero-order chi connectivity index (χ0) is 16.8. The molecule has 0 unspecified atom stereocenters. The first kappa shape index (κ1) is 18.8. The Bertz CT molecular complexity index is 500. The van der Waals surface area contributed by atoms with Gasteiger partial charge in [-0.2, -0.15) is 0 Å². The molecule has 5 nitrogen and oxygen atoms in total. The van der Waals surface area contributed by atoms with Crippen LogP contribution in [0.25, 0.3) is 0 Å². The molecule has 0 bridgehead atoms. The van der Waals surface area contributed by atoms with Crippen molar-refractivity contribution in [3.8, 4) is 0 Å². The number of aliphatic hydroxyl groups is 1. The molecule has 0 fully saturated rings. The van der Waals surface area contributed by atoms with Crippen molar-refractivity contribution in [3.05, 3.63) is 22.7 Å². The summed E-state index contributed by atoms with van der Waals surface area (Å²) >= 11 is 6.02. The van der Waals surface area contributed by atoms with E-state index < -0.39 is 5.60 Å². The van der Waals surface area contributed by atoms with Crippen LogP contribution in [-0.4, -0.2) is 33.1 Å². The van der Waals surface area contributed by atoms with E-state index in [4.69, 9.17) is 11.6 Å². The molecule has 0 atom stereocenters. The predicted molar refractivity (Wildman–Crippen MR) is 88.2 cm³/mol. The van der Waals surface area contributed by atoms with Gasteiger partial charge in [-0.25, -0.2) is 9.97 Å². The number of hydrogen-bond donors (Lipinski definition) is 2. The van der Waals surface area contributed by atoms with E-state index in [1.807, 2.05) is 27.7 Å². The van der Waals surface area contributed by atoms with E-state index in [1.165, 1.54) is 6.20 Å². The number of halogens is 1. The molecule has 124 valence electrons. The van der Waals surface area contributed by atoms with Crippen LogP contribution < -0.4 is 5.32 Å². The zero-order valence-corrected chi connectivity index (χ0v) is 14.6. The summed E-state index contributed by atoms with van der Waals surface area (Å²) in [5.74, 6) is 0.313. The van der Waals surface area contributed by atoms with E-state index in [1.54, 1.807) is 0 Å². The Morgan fingerprint density at radius 2 is 1.95 bits per heavy atom. The van der Waals surface area contributed by atoms with Gasteiger partial charge in [-0.1, -0.05) is 52.1 Å². The molecule has 0 saturated heterocycles. The van der Waals surface area contributed by atoms with Gasteiger partial charge in [0.25, 0.3) is 5.91 Å². The van der Waals surface area contributed by atoms with Gasteiger partial charge in [0.1, 0.15) is 11.5 Å². The molecule has 0 aliphatic carbocycles. The molecule has 0 spiro atoms. The lowest BCUT2D eigenvalue weighted by atomic mass is 9.92. The van der Waals surface area contributed by atoms with Gasteiger partial charge in [0, 0.05) is 12.5 Å². The van der Waals surface area contributed by atoms with E-state index in [9.17, 15) is 9.90 Å². The van der Waals surface area contributed by atoms with Gasteiger partial charge in [-0.3, -0.25) is 4.79 Å². The largest absolute Gasteiger partial charge is 0.388 e. The Morgan fingerprint density at radius 1 is 1.36 bits per heavy atom. The van der Waals surface area contributed by atoms with E-state index in [-0.39, 0.29) is 29.1 Å². The van der Waals surface area contributed by atoms with Gasteiger partial charge in [-0.15, -0.1) is 0 Å². The van der Waals surface area contributed by atoms with Crippen molar-refractivity contribution in [2.75, 3.05) is 6.54 Å². The standard InChI is InChI=1S/C16H26ClN3O2/c1-5-7-16(22,8-6-2)10-19-15(21)13-12(17)9-18-14(20-13)11(3)4/h9,11,22H,5-8,10H2,1-4H3,(H,19,21). The van der Waals surface area contributed by atoms with Gasteiger partial charge in [0.15, 0.2) is 0 Å². The highest BCUT2D eigenvalue weighted by atomic mass is 35.5. The molecule has 6 heteroatoms. The normalized spacial score (nSPS) is 11.8. The Kier molecular flexibility index (Phi) is 7.23. The fraction of sp³-hybridized carbons (Fsp3) is 0.688. The fourth-order valence-electron chi connectivity index (χ4n) is 2.38. The van der Waals surface area contributed by atoms with E-state index in [2.05, 4.69) is 15.3 Å². The summed E-state index contributed by atoms with van der Waals surface area (Å²) in [6, 6.07) is 0. The van der Waals surface area contributed by atoms with Crippen LogP contribution >= 0.6 is 11.6 Å². The maximum atomic E-state index is 12.3. The monoisotopic (exact) mass is 327 g/mol. The lowest BCUT2D eigenvalue weighted by Gasteiger charge is -2.27. The Hall–Kier alpha value is -1.20. The van der Waals surface area contributed by atoms with Crippen molar-refractivity contribution >= 4 is 17.5 Å². The van der Waals surface area contributed by atoms with Gasteiger partial charge >= 0.3 is 0 Å². The highest BCUT2D eigenvalue weighted by Crippen LogP contribution is 2.20. The van der Waals surface area contributed by atoms with Crippen LogP contribution in [0.15, 0.2) is 6.20 Å². The third kappa shape index (κ3) is 5.21. The summed E-state index contributed by atoms with van der Waals surface area (Å²) in [7, 11) is 0. The van der Waals surface area contributed by atoms with E-state index in [0.717, 1.165) is 12.8 Å². The Balaban J connectivity index is 2.82. The Labute approximate surface area is 137 Å². The number of carbonyl (C=O) groups is 1. The van der Waals surface area contributed by atoms with Crippen LogP contribution in [0.5, 0.6) is 0 Å². The number of aromatic nitrogens is 2. The lowest BCUT2D eigenvalue weighted by Crippen LogP contribution is -2.43. The van der Waals surface area contributed by atoms with Crippen molar-refractivity contribution in [1.82, 2.24) is 15.3 Å². The molecule has 0 aliphatic rings. The third-order valence-electron chi connectivity index (χ3n) is 3.50. The molecular formula is C16H26ClN3O2. The molecule has 1 aromatic heterocycles. The fourth-order valence-corrected chi connectivity index (χ4v) is 2.56. The first-order valence-electron chi connectivity index (χ1n) is 7.86. The SMILES string of the molecule is CCCC(O)(CCC)CNC(=O)c1nc(C(C)C)ncc1Cl. The average Bonchev–Trinajstić information content (AvgIpc) is 2.45. The molecule has 1 amide bonds. The van der Waals surface area contributed by atoms with E-state index in [0.29, 0.717) is 18.7 Å². The highest BCUT2D eigenvalue weighted by Gasteiger charge is 2.26. The quantitative estimate of drug-likeness (QED) is 0.768. The minimum absolute atomic E-state index is 0.112. The maximum Gasteiger partial charge on any atom is 0.271 e. The van der Waals surface area contributed by atoms with Crippen molar-refractivity contribution in [3.63, 3.8) is 0 Å². The molecule has 22 heavy (non-hydrogen) atoms. The van der Waals surface area contributed by atoms with Crippen LogP contribution in [0.4, 0.5) is 0 Å². The first-order chi connectivity index (χ1) is 10.3. The highest BCUT2D eigenvalue weighted by molar-refractivity contribution is 6.33. The van der Waals surface area contributed by atoms with Crippen molar-refractivity contribution < 1.29 is 9.90 Å². The number of carbonyl (C=O) groups excluding carboxylic acids is 1. The van der Waals surface area contributed by atoms with Crippen LogP contribution in [0, 0.1) is 0 Å². The molecular weight excluding hydrogens is 302 g/mol. The summed E-state index contributed by atoms with van der Waals surface area (Å²) in [5, 5.41) is 13.5. The minimum Gasteiger partial charge on any atom is -0.388 e.